The molecule has 30 heavy (non-hydrogen) atoms. The zero-order chi connectivity index (χ0) is 21.3. The number of pyridine rings is 1. The predicted octanol–water partition coefficient (Wildman–Crippen LogP) is 5.00. The molecule has 1 atom stereocenters. The highest BCUT2D eigenvalue weighted by Crippen LogP contribution is 2.33. The van der Waals surface area contributed by atoms with E-state index in [0.29, 0.717) is 22.2 Å². The van der Waals surface area contributed by atoms with Crippen LogP contribution >= 0.6 is 11.6 Å². The maximum absolute atomic E-state index is 12.6. The molecule has 2 aromatic carbocycles. The van der Waals surface area contributed by atoms with E-state index in [9.17, 15) is 4.79 Å². The van der Waals surface area contributed by atoms with Crippen molar-refractivity contribution < 1.29 is 9.53 Å². The van der Waals surface area contributed by atoms with Gasteiger partial charge in [0, 0.05) is 23.8 Å². The third kappa shape index (κ3) is 4.00. The summed E-state index contributed by atoms with van der Waals surface area (Å²) in [5.41, 5.74) is 4.19. The van der Waals surface area contributed by atoms with Crippen LogP contribution in [0.4, 0.5) is 5.69 Å². The van der Waals surface area contributed by atoms with E-state index in [1.165, 1.54) is 0 Å². The third-order valence-corrected chi connectivity index (χ3v) is 5.02. The van der Waals surface area contributed by atoms with Crippen molar-refractivity contribution in [2.45, 2.75) is 20.0 Å². The summed E-state index contributed by atoms with van der Waals surface area (Å²) in [6, 6.07) is 18.8. The molecule has 0 saturated heterocycles. The van der Waals surface area contributed by atoms with Crippen molar-refractivity contribution in [3.63, 3.8) is 0 Å². The lowest BCUT2D eigenvalue weighted by molar-refractivity contribution is -0.122. The normalized spacial score (nSPS) is 12.0. The topological polar surface area (TPSA) is 69.0 Å². The Morgan fingerprint density at radius 2 is 1.90 bits per heavy atom. The van der Waals surface area contributed by atoms with Gasteiger partial charge in [-0.25, -0.2) is 0 Å². The summed E-state index contributed by atoms with van der Waals surface area (Å²) in [5.74, 6) is 0.0692. The Morgan fingerprint density at radius 3 is 2.63 bits per heavy atom. The van der Waals surface area contributed by atoms with Crippen LogP contribution in [0.5, 0.6) is 5.88 Å². The highest BCUT2D eigenvalue weighted by Gasteiger charge is 2.20. The summed E-state index contributed by atoms with van der Waals surface area (Å²) in [6.45, 7) is 3.64. The number of amides is 1. The van der Waals surface area contributed by atoms with Crippen LogP contribution in [0.25, 0.3) is 22.2 Å². The highest BCUT2D eigenvalue weighted by molar-refractivity contribution is 6.30. The van der Waals surface area contributed by atoms with Crippen molar-refractivity contribution in [3.8, 4) is 17.0 Å². The molecule has 6 nitrogen and oxygen atoms in total. The molecule has 7 heteroatoms. The number of hydrogen-bond acceptors (Lipinski definition) is 4. The second-order valence-corrected chi connectivity index (χ2v) is 7.48. The minimum atomic E-state index is -0.758. The Morgan fingerprint density at radius 1 is 1.13 bits per heavy atom. The summed E-state index contributed by atoms with van der Waals surface area (Å²) < 4.78 is 7.64. The van der Waals surface area contributed by atoms with Crippen LogP contribution in [-0.2, 0) is 11.8 Å². The molecule has 0 unspecified atom stereocenters. The number of aromatic nitrogens is 3. The van der Waals surface area contributed by atoms with Crippen LogP contribution in [-0.4, -0.2) is 26.8 Å². The van der Waals surface area contributed by atoms with Crippen molar-refractivity contribution in [1.82, 2.24) is 14.8 Å². The summed E-state index contributed by atoms with van der Waals surface area (Å²) in [7, 11) is 1.84. The molecule has 4 rings (SSSR count). The molecule has 2 heterocycles. The molecule has 0 radical (unpaired) electrons. The lowest BCUT2D eigenvalue weighted by atomic mass is 10.0. The van der Waals surface area contributed by atoms with E-state index in [1.807, 2.05) is 50.4 Å². The molecule has 1 N–H and O–H groups in total. The van der Waals surface area contributed by atoms with E-state index in [2.05, 4.69) is 15.4 Å². The smallest absolute Gasteiger partial charge is 0.265 e. The Bertz CT molecular complexity index is 1220. The van der Waals surface area contributed by atoms with Crippen LogP contribution < -0.4 is 10.1 Å². The van der Waals surface area contributed by atoms with Gasteiger partial charge < -0.3 is 10.1 Å². The first-order chi connectivity index (χ1) is 14.4. The lowest BCUT2D eigenvalue weighted by Gasteiger charge is -2.15. The van der Waals surface area contributed by atoms with Crippen molar-refractivity contribution >= 4 is 34.2 Å². The van der Waals surface area contributed by atoms with Gasteiger partial charge in [-0.05, 0) is 43.2 Å². The molecule has 0 aliphatic rings. The maximum atomic E-state index is 12.6. The molecule has 0 bridgehead atoms. The van der Waals surface area contributed by atoms with Crippen LogP contribution in [0.3, 0.4) is 0 Å². The molecule has 0 aliphatic carbocycles. The van der Waals surface area contributed by atoms with Gasteiger partial charge in [0.2, 0.25) is 5.88 Å². The van der Waals surface area contributed by atoms with Crippen molar-refractivity contribution in [2.24, 2.45) is 7.05 Å². The number of carbonyl (C=O) groups is 1. The fraction of sp³-hybridized carbons (Fsp3) is 0.174. The monoisotopic (exact) mass is 420 g/mol. The van der Waals surface area contributed by atoms with Gasteiger partial charge in [0.25, 0.3) is 5.91 Å². The van der Waals surface area contributed by atoms with Crippen LogP contribution in [0.1, 0.15) is 12.6 Å². The number of halogens is 1. The summed E-state index contributed by atoms with van der Waals surface area (Å²) in [5, 5.41) is 8.82. The van der Waals surface area contributed by atoms with E-state index < -0.39 is 6.10 Å². The number of nitrogens with zero attached hydrogens (tertiary/aromatic N) is 3. The fourth-order valence-electron chi connectivity index (χ4n) is 3.37. The van der Waals surface area contributed by atoms with Gasteiger partial charge in [0.1, 0.15) is 0 Å². The molecule has 2 aromatic heterocycles. The first kappa shape index (κ1) is 19.9. The summed E-state index contributed by atoms with van der Waals surface area (Å²) >= 11 is 5.98. The first-order valence-electron chi connectivity index (χ1n) is 9.55. The van der Waals surface area contributed by atoms with E-state index in [0.717, 1.165) is 22.2 Å². The van der Waals surface area contributed by atoms with E-state index in [-0.39, 0.29) is 5.91 Å². The third-order valence-electron chi connectivity index (χ3n) is 4.79. The molecule has 1 amide bonds. The molecule has 0 aliphatic heterocycles. The number of anilines is 1. The van der Waals surface area contributed by atoms with Crippen LogP contribution in [0, 0.1) is 6.92 Å². The number of aryl methyl sites for hydroxylation is 2. The maximum Gasteiger partial charge on any atom is 0.265 e. The Labute approximate surface area is 179 Å². The quantitative estimate of drug-likeness (QED) is 0.493. The molecule has 152 valence electrons. The molecular formula is C23H21ClN4O2. The molecule has 4 aromatic rings. The standard InChI is InChI=1S/C23H21ClN4O2/c1-14-21-19(16-8-5-4-6-9-16)13-20(26-22(21)28(3)27-14)30-15(2)23(29)25-18-11-7-10-17(24)12-18/h4-13,15H,1-3H3,(H,25,29)/t15-/m1/s1. The number of fused-ring (bicyclic) bond motifs is 1. The number of ether oxygens (including phenoxy) is 1. The number of hydrogen-bond donors (Lipinski definition) is 1. The zero-order valence-corrected chi connectivity index (χ0v) is 17.6. The Balaban J connectivity index is 1.66. The van der Waals surface area contributed by atoms with Crippen LogP contribution in [0.2, 0.25) is 5.02 Å². The predicted molar refractivity (Wildman–Crippen MR) is 119 cm³/mol. The number of nitrogens with one attached hydrogen (secondary N) is 1. The number of benzene rings is 2. The van der Waals surface area contributed by atoms with Crippen LogP contribution in [0.15, 0.2) is 60.7 Å². The first-order valence-corrected chi connectivity index (χ1v) is 9.93. The van der Waals surface area contributed by atoms with Gasteiger partial charge in [-0.3, -0.25) is 9.48 Å². The number of carbonyl (C=O) groups excluding carboxylic acids is 1. The van der Waals surface area contributed by atoms with Gasteiger partial charge in [-0.15, -0.1) is 0 Å². The second-order valence-electron chi connectivity index (χ2n) is 7.04. The Kier molecular flexibility index (Phi) is 5.42. The largest absolute Gasteiger partial charge is 0.464 e. The average molecular weight is 421 g/mol. The molecular weight excluding hydrogens is 400 g/mol. The molecule has 0 spiro atoms. The minimum Gasteiger partial charge on any atom is -0.464 e. The fourth-order valence-corrected chi connectivity index (χ4v) is 3.56. The van der Waals surface area contributed by atoms with E-state index >= 15 is 0 Å². The van der Waals surface area contributed by atoms with Gasteiger partial charge in [0.15, 0.2) is 11.8 Å². The van der Waals surface area contributed by atoms with Gasteiger partial charge in [0.05, 0.1) is 11.1 Å². The Hall–Kier alpha value is -3.38. The van der Waals surface area contributed by atoms with Crippen molar-refractivity contribution in [2.75, 3.05) is 5.32 Å². The molecule has 0 fully saturated rings. The highest BCUT2D eigenvalue weighted by atomic mass is 35.5. The summed E-state index contributed by atoms with van der Waals surface area (Å²) in [6.07, 6.45) is -0.758. The van der Waals surface area contributed by atoms with Gasteiger partial charge in [-0.2, -0.15) is 10.1 Å². The lowest BCUT2D eigenvalue weighted by Crippen LogP contribution is -2.30. The zero-order valence-electron chi connectivity index (χ0n) is 16.9. The summed E-state index contributed by atoms with van der Waals surface area (Å²) in [4.78, 5) is 17.2. The minimum absolute atomic E-state index is 0.290. The van der Waals surface area contributed by atoms with Gasteiger partial charge >= 0.3 is 0 Å². The molecule has 0 saturated carbocycles. The van der Waals surface area contributed by atoms with E-state index in [1.54, 1.807) is 35.9 Å². The number of rotatable bonds is 5. The van der Waals surface area contributed by atoms with Crippen molar-refractivity contribution in [1.29, 1.82) is 0 Å². The second kappa shape index (κ2) is 8.16. The van der Waals surface area contributed by atoms with Crippen molar-refractivity contribution in [3.05, 3.63) is 71.4 Å². The van der Waals surface area contributed by atoms with Gasteiger partial charge in [-0.1, -0.05) is 48.0 Å². The SMILES string of the molecule is Cc1nn(C)c2nc(O[C@H](C)C(=O)Nc3cccc(Cl)c3)cc(-c3ccccc3)c12. The average Bonchev–Trinajstić information content (AvgIpc) is 3.01. The van der Waals surface area contributed by atoms with E-state index in [4.69, 9.17) is 16.3 Å².